The van der Waals surface area contributed by atoms with Crippen LogP contribution >= 0.6 is 0 Å². The summed E-state index contributed by atoms with van der Waals surface area (Å²) in [7, 11) is -2.55. The maximum absolute atomic E-state index is 6.35. The van der Waals surface area contributed by atoms with Crippen LogP contribution in [-0.2, 0) is 13.3 Å². The molecule has 0 unspecified atom stereocenters. The van der Waals surface area contributed by atoms with E-state index in [0.717, 1.165) is 77.4 Å². The third kappa shape index (κ3) is 11.0. The van der Waals surface area contributed by atoms with Crippen LogP contribution in [0.3, 0.4) is 0 Å². The van der Waals surface area contributed by atoms with Crippen molar-refractivity contribution in [2.45, 2.75) is 78.7 Å². The molecule has 1 saturated heterocycles. The molecule has 1 aliphatic rings. The van der Waals surface area contributed by atoms with Crippen LogP contribution in [0, 0.1) is 0 Å². The first-order valence-corrected chi connectivity index (χ1v) is 13.5. The molecule has 1 aliphatic heterocycles. The van der Waals surface area contributed by atoms with E-state index in [0.29, 0.717) is 0 Å². The molecule has 0 saturated carbocycles. The van der Waals surface area contributed by atoms with Crippen LogP contribution in [0.1, 0.15) is 72.6 Å². The molecule has 1 fully saturated rings. The van der Waals surface area contributed by atoms with Crippen LogP contribution < -0.4 is 0 Å². The SMILES string of the molecule is CCCCO[Si](CCCN1CCN(CC)CC1)(OCCCC)OCCCC. The van der Waals surface area contributed by atoms with Gasteiger partial charge in [-0.25, -0.2) is 0 Å². The number of nitrogens with zero attached hydrogens (tertiary/aromatic N) is 2. The first-order chi connectivity index (χ1) is 13.2. The van der Waals surface area contributed by atoms with Gasteiger partial charge in [0.1, 0.15) is 0 Å². The summed E-state index contributed by atoms with van der Waals surface area (Å²) in [6.07, 6.45) is 7.82. The Morgan fingerprint density at radius 1 is 0.630 bits per heavy atom. The van der Waals surface area contributed by atoms with Crippen LogP contribution in [-0.4, -0.2) is 77.7 Å². The van der Waals surface area contributed by atoms with Crippen molar-refractivity contribution in [3.05, 3.63) is 0 Å². The average molecular weight is 403 g/mol. The molecule has 27 heavy (non-hydrogen) atoms. The Kier molecular flexibility index (Phi) is 14.7. The van der Waals surface area contributed by atoms with E-state index in [1.54, 1.807) is 0 Å². The van der Waals surface area contributed by atoms with Crippen molar-refractivity contribution >= 4 is 8.80 Å². The molecule has 162 valence electrons. The number of likely N-dealkylation sites (N-methyl/N-ethyl adjacent to an activating group) is 1. The summed E-state index contributed by atoms with van der Waals surface area (Å²) >= 11 is 0. The third-order valence-corrected chi connectivity index (χ3v) is 8.23. The lowest BCUT2D eigenvalue weighted by Crippen LogP contribution is -2.49. The summed E-state index contributed by atoms with van der Waals surface area (Å²) in [5, 5.41) is 0. The maximum Gasteiger partial charge on any atom is 0.501 e. The van der Waals surface area contributed by atoms with Gasteiger partial charge in [0.05, 0.1) is 0 Å². The molecule has 0 radical (unpaired) electrons. The zero-order chi connectivity index (χ0) is 19.8. The molecule has 6 heteroatoms. The van der Waals surface area contributed by atoms with Gasteiger partial charge < -0.3 is 23.1 Å². The minimum absolute atomic E-state index is 0.774. The maximum atomic E-state index is 6.35. The van der Waals surface area contributed by atoms with E-state index in [9.17, 15) is 0 Å². The van der Waals surface area contributed by atoms with Crippen LogP contribution in [0.15, 0.2) is 0 Å². The second kappa shape index (κ2) is 15.9. The van der Waals surface area contributed by atoms with E-state index < -0.39 is 8.80 Å². The number of piperazine rings is 1. The highest BCUT2D eigenvalue weighted by Crippen LogP contribution is 2.21. The predicted octanol–water partition coefficient (Wildman–Crippen LogP) is 4.40. The Hall–Kier alpha value is 0.0169. The van der Waals surface area contributed by atoms with Crippen molar-refractivity contribution in [1.82, 2.24) is 9.80 Å². The van der Waals surface area contributed by atoms with Crippen molar-refractivity contribution in [3.63, 3.8) is 0 Å². The first kappa shape index (κ1) is 25.1. The molecule has 1 heterocycles. The smallest absolute Gasteiger partial charge is 0.373 e. The number of hydrogen-bond donors (Lipinski definition) is 0. The van der Waals surface area contributed by atoms with Crippen molar-refractivity contribution in [3.8, 4) is 0 Å². The van der Waals surface area contributed by atoms with Gasteiger partial charge in [0, 0.05) is 52.0 Å². The molecule has 5 nitrogen and oxygen atoms in total. The molecule has 0 aliphatic carbocycles. The second-order valence-electron chi connectivity index (χ2n) is 7.67. The standard InChI is InChI=1S/C21H46N2O3Si/c1-5-9-18-24-27(25-19-10-6-2,26-20-11-7-3)21-12-13-23-16-14-22(8-4)15-17-23/h5-21H2,1-4H3. The number of hydrogen-bond acceptors (Lipinski definition) is 5. The summed E-state index contributed by atoms with van der Waals surface area (Å²) in [6.45, 7) is 18.3. The lowest BCUT2D eigenvalue weighted by molar-refractivity contribution is 0.0543. The Labute approximate surface area is 170 Å². The largest absolute Gasteiger partial charge is 0.501 e. The summed E-state index contributed by atoms with van der Waals surface area (Å²) < 4.78 is 19.1. The van der Waals surface area contributed by atoms with E-state index in [4.69, 9.17) is 13.3 Å². The van der Waals surface area contributed by atoms with Crippen LogP contribution in [0.2, 0.25) is 6.04 Å². The average Bonchev–Trinajstić information content (AvgIpc) is 2.69. The van der Waals surface area contributed by atoms with Gasteiger partial charge in [-0.05, 0) is 38.8 Å². The molecule has 0 spiro atoms. The highest BCUT2D eigenvalue weighted by Gasteiger charge is 2.40. The highest BCUT2D eigenvalue weighted by molar-refractivity contribution is 6.60. The van der Waals surface area contributed by atoms with E-state index in [1.165, 1.54) is 32.7 Å². The Bertz CT molecular complexity index is 313. The van der Waals surface area contributed by atoms with Gasteiger partial charge in [0.25, 0.3) is 0 Å². The Morgan fingerprint density at radius 2 is 1.07 bits per heavy atom. The monoisotopic (exact) mass is 402 g/mol. The first-order valence-electron chi connectivity index (χ1n) is 11.6. The van der Waals surface area contributed by atoms with E-state index in [2.05, 4.69) is 37.5 Å². The number of unbranched alkanes of at least 4 members (excludes halogenated alkanes) is 3. The molecule has 0 aromatic heterocycles. The fraction of sp³-hybridized carbons (Fsp3) is 1.00. The lowest BCUT2D eigenvalue weighted by atomic mass is 10.3. The Balaban J connectivity index is 2.54. The summed E-state index contributed by atoms with van der Waals surface area (Å²) in [5.74, 6) is 0. The van der Waals surface area contributed by atoms with Gasteiger partial charge >= 0.3 is 8.80 Å². The van der Waals surface area contributed by atoms with Crippen LogP contribution in [0.4, 0.5) is 0 Å². The molecule has 0 N–H and O–H groups in total. The lowest BCUT2D eigenvalue weighted by Gasteiger charge is -2.35. The molecule has 0 atom stereocenters. The molecule has 0 amide bonds. The second-order valence-corrected chi connectivity index (χ2v) is 10.4. The van der Waals surface area contributed by atoms with Crippen LogP contribution in [0.5, 0.6) is 0 Å². The van der Waals surface area contributed by atoms with Gasteiger partial charge in [-0.3, -0.25) is 0 Å². The summed E-state index contributed by atoms with van der Waals surface area (Å²) in [4.78, 5) is 5.13. The number of rotatable bonds is 17. The fourth-order valence-corrected chi connectivity index (χ4v) is 5.95. The normalized spacial score (nSPS) is 16.9. The minimum Gasteiger partial charge on any atom is -0.373 e. The Morgan fingerprint density at radius 3 is 1.48 bits per heavy atom. The van der Waals surface area contributed by atoms with Crippen LogP contribution in [0.25, 0.3) is 0 Å². The molecule has 0 bridgehead atoms. The van der Waals surface area contributed by atoms with Gasteiger partial charge in [0.2, 0.25) is 0 Å². The van der Waals surface area contributed by atoms with Gasteiger partial charge in [0.15, 0.2) is 0 Å². The quantitative estimate of drug-likeness (QED) is 0.266. The predicted molar refractivity (Wildman–Crippen MR) is 116 cm³/mol. The van der Waals surface area contributed by atoms with Gasteiger partial charge in [-0.15, -0.1) is 0 Å². The molecule has 0 aromatic carbocycles. The fourth-order valence-electron chi connectivity index (χ4n) is 3.31. The zero-order valence-electron chi connectivity index (χ0n) is 18.6. The van der Waals surface area contributed by atoms with E-state index in [1.807, 2.05) is 0 Å². The summed E-state index contributed by atoms with van der Waals surface area (Å²) in [5.41, 5.74) is 0. The van der Waals surface area contributed by atoms with E-state index >= 15 is 0 Å². The topological polar surface area (TPSA) is 34.2 Å². The van der Waals surface area contributed by atoms with Gasteiger partial charge in [-0.2, -0.15) is 0 Å². The molecular formula is C21H46N2O3Si. The zero-order valence-corrected chi connectivity index (χ0v) is 19.6. The molecule has 1 rings (SSSR count). The van der Waals surface area contributed by atoms with E-state index in [-0.39, 0.29) is 0 Å². The highest BCUT2D eigenvalue weighted by atomic mass is 28.4. The molecular weight excluding hydrogens is 356 g/mol. The van der Waals surface area contributed by atoms with Crippen molar-refractivity contribution in [2.24, 2.45) is 0 Å². The molecule has 0 aromatic rings. The van der Waals surface area contributed by atoms with Crippen molar-refractivity contribution < 1.29 is 13.3 Å². The van der Waals surface area contributed by atoms with Crippen molar-refractivity contribution in [2.75, 3.05) is 59.1 Å². The summed E-state index contributed by atoms with van der Waals surface area (Å²) in [6, 6.07) is 0.956. The minimum atomic E-state index is -2.55. The third-order valence-electron chi connectivity index (χ3n) is 5.33. The van der Waals surface area contributed by atoms with Gasteiger partial charge in [-0.1, -0.05) is 47.0 Å². The van der Waals surface area contributed by atoms with Crippen molar-refractivity contribution in [1.29, 1.82) is 0 Å².